The molecule has 0 fully saturated rings. The molecule has 20 heavy (non-hydrogen) atoms. The molecule has 0 aromatic rings. The van der Waals surface area contributed by atoms with Crippen LogP contribution in [0.5, 0.6) is 0 Å². The normalized spacial score (nSPS) is 14.0. The van der Waals surface area contributed by atoms with Gasteiger partial charge in [-0.05, 0) is 12.8 Å². The van der Waals surface area contributed by atoms with Crippen molar-refractivity contribution in [2.45, 2.75) is 57.4 Å². The minimum atomic E-state index is -4.45. The molecule has 0 radical (unpaired) electrons. The summed E-state index contributed by atoms with van der Waals surface area (Å²) in [7, 11) is -3.87. The highest BCUT2D eigenvalue weighted by molar-refractivity contribution is 7.89. The Balaban J connectivity index is 4.73. The molecule has 0 aliphatic carbocycles. The van der Waals surface area contributed by atoms with Crippen LogP contribution in [0.2, 0.25) is 0 Å². The Hall–Kier alpha value is 0.0500. The molecule has 0 aliphatic rings. The van der Waals surface area contributed by atoms with Crippen molar-refractivity contribution in [3.05, 3.63) is 0 Å². The molecule has 122 valence electrons. The maximum atomic E-state index is 12.2. The van der Waals surface area contributed by atoms with Crippen LogP contribution in [0.15, 0.2) is 0 Å². The highest BCUT2D eigenvalue weighted by Crippen LogP contribution is 2.23. The van der Waals surface area contributed by atoms with E-state index in [0.717, 1.165) is 6.42 Å². The SMILES string of the molecule is CCCCN(CCC(C)(C)S)S(=O)(=O)CCC(F)(F)F. The van der Waals surface area contributed by atoms with E-state index in [9.17, 15) is 21.6 Å². The Bertz CT molecular complexity index is 375. The molecule has 0 amide bonds. The van der Waals surface area contributed by atoms with Gasteiger partial charge in [-0.15, -0.1) is 0 Å². The molecule has 8 heteroatoms. The van der Waals surface area contributed by atoms with E-state index in [1.807, 2.05) is 20.8 Å². The highest BCUT2D eigenvalue weighted by atomic mass is 32.2. The molecule has 0 heterocycles. The van der Waals surface area contributed by atoms with Crippen LogP contribution in [0.4, 0.5) is 13.2 Å². The standard InChI is InChI=1S/C12H24F3NO2S2/c1-4-5-8-16(9-6-11(2,3)19)20(17,18)10-7-12(13,14)15/h19H,4-10H2,1-3H3. The van der Waals surface area contributed by atoms with Crippen LogP contribution in [0.25, 0.3) is 0 Å². The molecular formula is C12H24F3NO2S2. The maximum Gasteiger partial charge on any atom is 0.390 e. The Kier molecular flexibility index (Phi) is 7.91. The second kappa shape index (κ2) is 7.89. The lowest BCUT2D eigenvalue weighted by Gasteiger charge is -2.26. The molecule has 0 unspecified atom stereocenters. The zero-order valence-corrected chi connectivity index (χ0v) is 13.9. The van der Waals surface area contributed by atoms with Crippen molar-refractivity contribution in [1.82, 2.24) is 4.31 Å². The first-order valence-electron chi connectivity index (χ1n) is 6.64. The van der Waals surface area contributed by atoms with Crippen molar-refractivity contribution < 1.29 is 21.6 Å². The third-order valence-corrected chi connectivity index (χ3v) is 4.87. The first-order chi connectivity index (χ1) is 8.87. The third-order valence-electron chi connectivity index (χ3n) is 2.77. The maximum absolute atomic E-state index is 12.2. The van der Waals surface area contributed by atoms with Crippen LogP contribution in [0.1, 0.15) is 46.5 Å². The largest absolute Gasteiger partial charge is 0.390 e. The van der Waals surface area contributed by atoms with Gasteiger partial charge in [-0.3, -0.25) is 0 Å². The molecule has 0 spiro atoms. The van der Waals surface area contributed by atoms with E-state index in [2.05, 4.69) is 12.6 Å². The number of unbranched alkanes of at least 4 members (excludes halogenated alkanes) is 1. The second-order valence-electron chi connectivity index (χ2n) is 5.50. The molecular weight excluding hydrogens is 311 g/mol. The van der Waals surface area contributed by atoms with Crippen molar-refractivity contribution in [2.75, 3.05) is 18.8 Å². The highest BCUT2D eigenvalue weighted by Gasteiger charge is 2.32. The Morgan fingerprint density at radius 1 is 1.10 bits per heavy atom. The quantitative estimate of drug-likeness (QED) is 0.655. The minimum Gasteiger partial charge on any atom is -0.212 e. The van der Waals surface area contributed by atoms with Gasteiger partial charge in [-0.2, -0.15) is 25.8 Å². The van der Waals surface area contributed by atoms with Gasteiger partial charge in [0.2, 0.25) is 10.0 Å². The average molecular weight is 335 g/mol. The van der Waals surface area contributed by atoms with Crippen LogP contribution in [0.3, 0.4) is 0 Å². The Morgan fingerprint density at radius 3 is 2.05 bits per heavy atom. The molecule has 0 aromatic heterocycles. The van der Waals surface area contributed by atoms with Crippen LogP contribution >= 0.6 is 12.6 Å². The van der Waals surface area contributed by atoms with Crippen LogP contribution in [-0.4, -0.2) is 42.5 Å². The fourth-order valence-corrected chi connectivity index (χ4v) is 3.12. The summed E-state index contributed by atoms with van der Waals surface area (Å²) in [5, 5.41) is 0. The Morgan fingerprint density at radius 2 is 1.65 bits per heavy atom. The predicted octanol–water partition coefficient (Wildman–Crippen LogP) is 3.47. The van der Waals surface area contributed by atoms with Gasteiger partial charge in [-0.25, -0.2) is 12.7 Å². The second-order valence-corrected chi connectivity index (χ2v) is 8.80. The van der Waals surface area contributed by atoms with E-state index in [0.29, 0.717) is 12.8 Å². The molecule has 0 saturated carbocycles. The van der Waals surface area contributed by atoms with Crippen molar-refractivity contribution in [3.8, 4) is 0 Å². The van der Waals surface area contributed by atoms with Gasteiger partial charge in [0.1, 0.15) is 0 Å². The van der Waals surface area contributed by atoms with Crippen LogP contribution in [0, 0.1) is 0 Å². The lowest BCUT2D eigenvalue weighted by Crippen LogP contribution is -2.37. The summed E-state index contributed by atoms with van der Waals surface area (Å²) < 4.78 is 61.4. The van der Waals surface area contributed by atoms with E-state index in [1.54, 1.807) is 0 Å². The Labute approximate surface area is 125 Å². The van der Waals surface area contributed by atoms with Crippen molar-refractivity contribution in [3.63, 3.8) is 0 Å². The average Bonchev–Trinajstić information content (AvgIpc) is 2.24. The van der Waals surface area contributed by atoms with E-state index < -0.39 is 28.4 Å². The van der Waals surface area contributed by atoms with Gasteiger partial charge in [0.15, 0.2) is 0 Å². The van der Waals surface area contributed by atoms with Gasteiger partial charge >= 0.3 is 6.18 Å². The smallest absolute Gasteiger partial charge is 0.212 e. The summed E-state index contributed by atoms with van der Waals surface area (Å²) in [5.41, 5.74) is 0. The molecule has 0 N–H and O–H groups in total. The number of nitrogens with zero attached hydrogens (tertiary/aromatic N) is 1. The minimum absolute atomic E-state index is 0.205. The van der Waals surface area contributed by atoms with Crippen molar-refractivity contribution in [2.24, 2.45) is 0 Å². The fraction of sp³-hybridized carbons (Fsp3) is 1.00. The van der Waals surface area contributed by atoms with Gasteiger partial charge in [0, 0.05) is 17.8 Å². The zero-order chi connectivity index (χ0) is 16.0. The van der Waals surface area contributed by atoms with E-state index in [1.165, 1.54) is 4.31 Å². The molecule has 0 aromatic carbocycles. The molecule has 0 bridgehead atoms. The number of alkyl halides is 3. The molecule has 0 rings (SSSR count). The summed E-state index contributed by atoms with van der Waals surface area (Å²) >= 11 is 4.31. The lowest BCUT2D eigenvalue weighted by molar-refractivity contribution is -0.130. The lowest BCUT2D eigenvalue weighted by atomic mass is 10.1. The molecule has 0 atom stereocenters. The third kappa shape index (κ3) is 9.88. The zero-order valence-electron chi connectivity index (χ0n) is 12.2. The summed E-state index contributed by atoms with van der Waals surface area (Å²) in [6.45, 7) is 6.06. The summed E-state index contributed by atoms with van der Waals surface area (Å²) in [5.74, 6) is -0.882. The van der Waals surface area contributed by atoms with Crippen LogP contribution < -0.4 is 0 Å². The van der Waals surface area contributed by atoms with E-state index in [-0.39, 0.29) is 17.8 Å². The first kappa shape index (κ1) is 20.1. The van der Waals surface area contributed by atoms with Gasteiger partial charge < -0.3 is 0 Å². The number of rotatable bonds is 9. The van der Waals surface area contributed by atoms with Crippen molar-refractivity contribution in [1.29, 1.82) is 0 Å². The monoisotopic (exact) mass is 335 g/mol. The summed E-state index contributed by atoms with van der Waals surface area (Å²) in [4.78, 5) is 0. The fourth-order valence-electron chi connectivity index (χ4n) is 1.50. The predicted molar refractivity (Wildman–Crippen MR) is 78.6 cm³/mol. The number of halogens is 3. The summed E-state index contributed by atoms with van der Waals surface area (Å²) in [6, 6.07) is 0. The molecule has 3 nitrogen and oxygen atoms in total. The number of hydrogen-bond donors (Lipinski definition) is 1. The van der Waals surface area contributed by atoms with Gasteiger partial charge in [-0.1, -0.05) is 27.2 Å². The van der Waals surface area contributed by atoms with E-state index >= 15 is 0 Å². The molecule has 0 saturated heterocycles. The topological polar surface area (TPSA) is 37.4 Å². The number of thiol groups is 1. The van der Waals surface area contributed by atoms with E-state index in [4.69, 9.17) is 0 Å². The summed E-state index contributed by atoms with van der Waals surface area (Å²) in [6.07, 6.45) is -3.84. The van der Waals surface area contributed by atoms with Gasteiger partial charge in [0.25, 0.3) is 0 Å². The van der Waals surface area contributed by atoms with Crippen molar-refractivity contribution >= 4 is 22.7 Å². The van der Waals surface area contributed by atoms with Crippen LogP contribution in [-0.2, 0) is 10.0 Å². The van der Waals surface area contributed by atoms with Gasteiger partial charge in [0.05, 0.1) is 12.2 Å². The first-order valence-corrected chi connectivity index (χ1v) is 8.70. The number of sulfonamides is 1. The number of hydrogen-bond acceptors (Lipinski definition) is 3. The molecule has 0 aliphatic heterocycles.